The molecular weight excluding hydrogens is 2460 g/mol. The first kappa shape index (κ1) is 84.5. The van der Waals surface area contributed by atoms with Gasteiger partial charge in [-0.1, -0.05) is 12.2 Å². The predicted octanol–water partition coefficient (Wildman–Crippen LogP) is -1.32. The topological polar surface area (TPSA) is 248 Å². The van der Waals surface area contributed by atoms with Gasteiger partial charge in [-0.3, -0.25) is 9.59 Å². The molecule has 2 heterocycles. The number of halogens is 10. The number of nitrogens with one attached hydrogen (secondary N) is 2. The fourth-order valence-corrected chi connectivity index (χ4v) is 3.26. The molecule has 10 atom stereocenters. The van der Waals surface area contributed by atoms with E-state index >= 15 is 0 Å². The summed E-state index contributed by atoms with van der Waals surface area (Å²) in [7, 11) is 20.1. The Labute approximate surface area is 581 Å². The number of carbonyl (C=O) groups is 2. The van der Waals surface area contributed by atoms with Crippen LogP contribution in [0.4, 0.5) is 26.3 Å². The first-order chi connectivity index (χ1) is 21.8. The van der Waals surface area contributed by atoms with Crippen molar-refractivity contribution in [2.45, 2.75) is 73.6 Å². The summed E-state index contributed by atoms with van der Waals surface area (Å²) in [6.07, 6.45) is -20.9. The number of carbonyl (C=O) groups excluding carboxylic acids is 2. The quantitative estimate of drug-likeness (QED) is 0.0772. The van der Waals surface area contributed by atoms with E-state index in [2.05, 4.69) is 17.9 Å². The molecule has 15 nitrogen and oxygen atoms in total. The van der Waals surface area contributed by atoms with Gasteiger partial charge in [0, 0.05) is 308 Å². The molecule has 33 heteroatoms. The molecule has 10 N–H and O–H groups in total. The van der Waals surface area contributed by atoms with E-state index in [1.165, 1.54) is 22.8 Å². The molecule has 2 rings (SSSR count). The Hall–Kier alpha value is 9.61. The van der Waals surface area contributed by atoms with Crippen LogP contribution in [0.15, 0.2) is 25.3 Å². The van der Waals surface area contributed by atoms with Gasteiger partial charge in [-0.05, 0) is 0 Å². The first-order valence-electron chi connectivity index (χ1n) is 12.7. The van der Waals surface area contributed by atoms with Gasteiger partial charge in [0.25, 0.3) is 0 Å². The van der Waals surface area contributed by atoms with E-state index in [0.29, 0.717) is 0 Å². The Kier molecular flexibility index (Phi) is 68.8. The second kappa shape index (κ2) is 44.8. The normalized spacial score (nSPS) is 26.6. The Balaban J connectivity index is -0.0000000817. The minimum absolute atomic E-state index is 0. The molecule has 0 bridgehead atoms. The van der Waals surface area contributed by atoms with E-state index < -0.39 is 113 Å². The fraction of sp³-hybridized carbons (Fsp3) is 0.727. The van der Waals surface area contributed by atoms with Crippen molar-refractivity contribution in [1.82, 2.24) is 10.6 Å². The van der Waals surface area contributed by atoms with Gasteiger partial charge in [0.15, 0.2) is 12.6 Å². The van der Waals surface area contributed by atoms with Crippen molar-refractivity contribution in [3.63, 3.8) is 0 Å². The number of hydrogen-bond acceptors (Lipinski definition) is 13. The molecule has 305 valence electrons. The van der Waals surface area contributed by atoms with Crippen LogP contribution in [0.5, 0.6) is 0 Å². The minimum atomic E-state index is -5.20. The van der Waals surface area contributed by atoms with Crippen molar-refractivity contribution in [2.24, 2.45) is 0 Å². The Morgan fingerprint density at radius 1 is 0.655 bits per heavy atom. The van der Waals surface area contributed by atoms with E-state index in [0.717, 1.165) is 0 Å². The van der Waals surface area contributed by atoms with Crippen LogP contribution < -0.4 is 10.6 Å². The van der Waals surface area contributed by atoms with Crippen LogP contribution in [-0.2, 0) is 23.8 Å². The van der Waals surface area contributed by atoms with Crippen LogP contribution in [0.2, 0.25) is 0 Å². The van der Waals surface area contributed by atoms with Crippen molar-refractivity contribution in [3.8, 4) is 0 Å². The monoisotopic (exact) mass is 2500 g/mol. The predicted molar refractivity (Wildman–Crippen MR) is 156 cm³/mol. The molecule has 2 aliphatic heterocycles. The molecule has 7 radical (unpaired) electrons. The summed E-state index contributed by atoms with van der Waals surface area (Å²) in [4.78, 5) is 21.6. The third-order valence-electron chi connectivity index (χ3n) is 5.40. The van der Waals surface area contributed by atoms with Crippen molar-refractivity contribution in [2.75, 3.05) is 26.4 Å². The van der Waals surface area contributed by atoms with Gasteiger partial charge in [-0.25, -0.2) is 0 Å². The molecule has 0 saturated carbocycles. The Morgan fingerprint density at radius 3 is 1.25 bits per heavy atom. The molecule has 0 aromatic carbocycles. The Bertz CT molecular complexity index is 1010. The number of hydrogen-bond donors (Lipinski definition) is 10. The molecular formula is C22H34Ac7Cl4F6N2O13Sn. The van der Waals surface area contributed by atoms with Crippen molar-refractivity contribution >= 4 is 61.4 Å². The molecule has 55 heavy (non-hydrogen) atoms. The van der Waals surface area contributed by atoms with Gasteiger partial charge < -0.3 is 65.7 Å². The zero-order valence-corrected chi connectivity index (χ0v) is 67.2. The number of alkyl halides is 6. The zero-order valence-electron chi connectivity index (χ0n) is 28.1. The number of amides is 2. The average Bonchev–Trinajstić information content (AvgIpc) is 2.97. The van der Waals surface area contributed by atoms with Gasteiger partial charge >= 0.3 is 73.7 Å². The van der Waals surface area contributed by atoms with E-state index in [9.17, 15) is 61.5 Å². The van der Waals surface area contributed by atoms with Crippen LogP contribution in [0.25, 0.3) is 0 Å². The molecule has 0 aliphatic carbocycles. The number of rotatable bonds is 8. The second-order valence-corrected chi connectivity index (χ2v) is 34.4. The molecule has 2 saturated heterocycles. The third-order valence-corrected chi connectivity index (χ3v) is 5.40. The van der Waals surface area contributed by atoms with E-state index in [4.69, 9.17) is 60.5 Å². The Morgan fingerprint density at radius 2 is 0.964 bits per heavy atom. The van der Waals surface area contributed by atoms with Gasteiger partial charge in [0.2, 0.25) is 0 Å². The van der Waals surface area contributed by atoms with E-state index in [-0.39, 0.29) is 322 Å². The third kappa shape index (κ3) is 39.1. The maximum atomic E-state index is 12.3. The standard InChI is InChI=1S/C11H16F3NO6.C8H12F3NO6.C3H6O.7Ac.4ClH.Sn/c1-2-3-20-9-6(15-10(19)11(12,13)14)8(18)7(17)5(4-16)21-9;9-8(10,11)7(17)12-3-5(15)4(14)2(1-13)18-6(3)16;1-2-3-4;;;;;;;;;;;;/h2,5-9,16-18H,1,3-4H2,(H,15,19);2-6,13-16H,1H2,(H,12,17);2,4H,1,3H2;;;;;;;;4*1H;/q;;;;;;;;;;;;;;+4/p-4/t5?,6-,7-,8-,9+;2?,3-,4-,5-,6?;;;;;;;;;;;;;/m11............./s1. The summed E-state index contributed by atoms with van der Waals surface area (Å²) in [6, 6.07) is -3.51. The number of aliphatic hydroxyl groups is 8. The molecule has 0 aromatic heterocycles. The van der Waals surface area contributed by atoms with Gasteiger partial charge in [0.05, 0.1) is 26.4 Å². The summed E-state index contributed by atoms with van der Waals surface area (Å²) in [5.41, 5.74) is 0. The summed E-state index contributed by atoms with van der Waals surface area (Å²) in [5, 5.41) is 75.8. The summed E-state index contributed by atoms with van der Waals surface area (Å²) in [5.74, 6) is -4.69. The molecule has 2 amide bonds. The van der Waals surface area contributed by atoms with Gasteiger partial charge in [0.1, 0.15) is 48.7 Å². The van der Waals surface area contributed by atoms with Gasteiger partial charge in [-0.2, -0.15) is 26.3 Å². The molecule has 3 unspecified atom stereocenters. The molecule has 2 aliphatic rings. The van der Waals surface area contributed by atoms with Gasteiger partial charge in [-0.15, -0.1) is 13.2 Å². The SMILES string of the molecule is C=CCO.C=CCO[C@H]1OC(CO)[C@@H](O)[C@H](O)[C@H]1NC(=O)C(F)(F)F.O=C(N[C@H]1C(O)OC(CO)[C@@H](O)[C@@H]1O)C(F)(F)F.[Ac].[Ac].[Ac].[Ac].[Ac].[Ac].[Ac].[Cl][Sn]([Cl])([Cl])[Cl]. The van der Waals surface area contributed by atoms with Crippen LogP contribution in [0.3, 0.4) is 0 Å². The summed E-state index contributed by atoms with van der Waals surface area (Å²) < 4.78 is 87.3. The van der Waals surface area contributed by atoms with E-state index in [1.807, 2.05) is 0 Å². The summed E-state index contributed by atoms with van der Waals surface area (Å²) >= 11 is -3.29. The molecule has 0 spiro atoms. The molecule has 2 fully saturated rings. The van der Waals surface area contributed by atoms with Crippen molar-refractivity contribution in [1.29, 1.82) is 0 Å². The fourth-order valence-electron chi connectivity index (χ4n) is 3.26. The van der Waals surface area contributed by atoms with Crippen molar-refractivity contribution < 1.29 is 399 Å². The van der Waals surface area contributed by atoms with Crippen LogP contribution in [0, 0.1) is 308 Å². The number of ether oxygens (including phenoxy) is 3. The summed E-state index contributed by atoms with van der Waals surface area (Å²) in [6.45, 7) is 5.07. The van der Waals surface area contributed by atoms with E-state index in [1.54, 1.807) is 0 Å². The number of aliphatic hydroxyl groups excluding tert-OH is 8. The van der Waals surface area contributed by atoms with Crippen LogP contribution in [-0.4, -0.2) is 167 Å². The second-order valence-electron chi connectivity index (χ2n) is 8.95. The van der Waals surface area contributed by atoms with Crippen LogP contribution in [0.1, 0.15) is 0 Å². The first-order valence-corrected chi connectivity index (χ1v) is 27.2. The zero-order chi connectivity index (χ0) is 38.2. The average molecular weight is 2500 g/mol. The van der Waals surface area contributed by atoms with Crippen molar-refractivity contribution in [3.05, 3.63) is 25.3 Å². The van der Waals surface area contributed by atoms with Crippen LogP contribution >= 0.6 is 35.7 Å². The molecule has 0 aromatic rings. The maximum absolute atomic E-state index is 12.3.